The van der Waals surface area contributed by atoms with Gasteiger partial charge in [0.2, 0.25) is 5.91 Å². The van der Waals surface area contributed by atoms with E-state index >= 15 is 0 Å². The van der Waals surface area contributed by atoms with Crippen LogP contribution in [0.3, 0.4) is 0 Å². The number of nitrogens with one attached hydrogen (secondary N) is 2. The first-order valence-electron chi connectivity index (χ1n) is 10.5. The van der Waals surface area contributed by atoms with Crippen LogP contribution in [0.4, 0.5) is 10.6 Å². The molecule has 0 fully saturated rings. The van der Waals surface area contributed by atoms with Crippen LogP contribution < -0.4 is 10.6 Å². The molecule has 2 amide bonds. The maximum atomic E-state index is 12.2. The van der Waals surface area contributed by atoms with Crippen LogP contribution in [-0.2, 0) is 16.6 Å². The molecule has 9 heteroatoms. The molecule has 170 valence electrons. The van der Waals surface area contributed by atoms with Gasteiger partial charge in [0.05, 0.1) is 0 Å². The fourth-order valence-electron chi connectivity index (χ4n) is 4.17. The third-order valence-corrected chi connectivity index (χ3v) is 5.71. The van der Waals surface area contributed by atoms with Crippen LogP contribution in [0.2, 0.25) is 0 Å². The predicted octanol–water partition coefficient (Wildman–Crippen LogP) is 3.29. The maximum absolute atomic E-state index is 12.2. The molecule has 1 aliphatic rings. The van der Waals surface area contributed by atoms with E-state index in [4.69, 9.17) is 4.74 Å². The van der Waals surface area contributed by atoms with Gasteiger partial charge in [-0.3, -0.25) is 9.48 Å². The molecule has 0 bridgehead atoms. The molecule has 1 aromatic heterocycles. The Labute approximate surface area is 190 Å². The number of hydrogen-bond acceptors (Lipinski definition) is 5. The number of aryl methyl sites for hydroxylation is 1. The summed E-state index contributed by atoms with van der Waals surface area (Å²) >= 11 is 0. The van der Waals surface area contributed by atoms with Crippen LogP contribution in [0.5, 0.6) is 0 Å². The summed E-state index contributed by atoms with van der Waals surface area (Å²) in [6.07, 6.45) is -0.616. The molecule has 0 saturated carbocycles. The van der Waals surface area contributed by atoms with Crippen molar-refractivity contribution in [3.8, 4) is 11.1 Å². The largest absolute Gasteiger partial charge is 0.477 e. The molecule has 0 aliphatic heterocycles. The SMILES string of the molecule is Cc1c(NC(=O)CCNC(=O)OCC2c3ccccc3-c3ccccc32)nn(C)c1C(=O)O. The first kappa shape index (κ1) is 22.1. The first-order valence-corrected chi connectivity index (χ1v) is 10.5. The Bertz CT molecular complexity index is 1190. The molecule has 0 saturated heterocycles. The van der Waals surface area contributed by atoms with Gasteiger partial charge in [0.25, 0.3) is 0 Å². The third kappa shape index (κ3) is 4.43. The molecule has 3 aromatic rings. The molecule has 1 aliphatic carbocycles. The summed E-state index contributed by atoms with van der Waals surface area (Å²) in [5.41, 5.74) is 4.91. The number of amides is 2. The Morgan fingerprint density at radius 3 is 2.24 bits per heavy atom. The number of carbonyl (C=O) groups is 3. The predicted molar refractivity (Wildman–Crippen MR) is 121 cm³/mol. The Morgan fingerprint density at radius 2 is 1.67 bits per heavy atom. The van der Waals surface area contributed by atoms with E-state index in [2.05, 4.69) is 27.9 Å². The number of ether oxygens (including phenoxy) is 1. The average Bonchev–Trinajstić information content (AvgIpc) is 3.25. The maximum Gasteiger partial charge on any atom is 0.407 e. The smallest absolute Gasteiger partial charge is 0.407 e. The van der Waals surface area contributed by atoms with E-state index in [9.17, 15) is 19.5 Å². The van der Waals surface area contributed by atoms with Gasteiger partial charge in [0, 0.05) is 31.5 Å². The summed E-state index contributed by atoms with van der Waals surface area (Å²) in [4.78, 5) is 35.6. The van der Waals surface area contributed by atoms with Gasteiger partial charge in [-0.2, -0.15) is 5.10 Å². The van der Waals surface area contributed by atoms with Crippen molar-refractivity contribution in [1.29, 1.82) is 0 Å². The lowest BCUT2D eigenvalue weighted by Crippen LogP contribution is -2.29. The number of carbonyl (C=O) groups excluding carboxylic acids is 2. The number of aromatic nitrogens is 2. The van der Waals surface area contributed by atoms with Gasteiger partial charge >= 0.3 is 12.1 Å². The number of anilines is 1. The summed E-state index contributed by atoms with van der Waals surface area (Å²) in [6.45, 7) is 1.83. The second-order valence-corrected chi connectivity index (χ2v) is 7.80. The second-order valence-electron chi connectivity index (χ2n) is 7.80. The van der Waals surface area contributed by atoms with Gasteiger partial charge < -0.3 is 20.5 Å². The lowest BCUT2D eigenvalue weighted by Gasteiger charge is -2.14. The molecule has 2 aromatic carbocycles. The van der Waals surface area contributed by atoms with Crippen LogP contribution in [0.25, 0.3) is 11.1 Å². The molecule has 0 atom stereocenters. The molecule has 0 spiro atoms. The highest BCUT2D eigenvalue weighted by atomic mass is 16.5. The number of carboxylic acid groups (broad SMARTS) is 1. The number of benzene rings is 2. The summed E-state index contributed by atoms with van der Waals surface area (Å²) in [5.74, 6) is -1.38. The van der Waals surface area contributed by atoms with E-state index in [1.807, 2.05) is 36.4 Å². The van der Waals surface area contributed by atoms with E-state index < -0.39 is 18.0 Å². The number of rotatable bonds is 7. The molecule has 1 heterocycles. The van der Waals surface area contributed by atoms with Gasteiger partial charge in [-0.15, -0.1) is 0 Å². The number of hydrogen-bond donors (Lipinski definition) is 3. The zero-order chi connectivity index (χ0) is 23.5. The Kier molecular flexibility index (Phi) is 6.12. The first-order chi connectivity index (χ1) is 15.9. The molecular formula is C24H24N4O5. The normalized spacial score (nSPS) is 12.1. The molecule has 9 nitrogen and oxygen atoms in total. The monoisotopic (exact) mass is 448 g/mol. The highest BCUT2D eigenvalue weighted by Gasteiger charge is 2.29. The number of alkyl carbamates (subject to hydrolysis) is 1. The van der Waals surface area contributed by atoms with E-state index in [0.717, 1.165) is 22.3 Å². The minimum atomic E-state index is -1.13. The van der Waals surface area contributed by atoms with E-state index in [-0.39, 0.29) is 37.0 Å². The zero-order valence-corrected chi connectivity index (χ0v) is 18.3. The molecule has 33 heavy (non-hydrogen) atoms. The Balaban J connectivity index is 1.27. The van der Waals surface area contributed by atoms with Crippen molar-refractivity contribution in [2.45, 2.75) is 19.3 Å². The van der Waals surface area contributed by atoms with Crippen molar-refractivity contribution in [3.05, 3.63) is 70.9 Å². The van der Waals surface area contributed by atoms with Gasteiger partial charge in [-0.1, -0.05) is 48.5 Å². The van der Waals surface area contributed by atoms with E-state index in [0.29, 0.717) is 5.56 Å². The fourth-order valence-corrected chi connectivity index (χ4v) is 4.17. The second kappa shape index (κ2) is 9.15. The summed E-state index contributed by atoms with van der Waals surface area (Å²) in [6, 6.07) is 16.1. The lowest BCUT2D eigenvalue weighted by atomic mass is 9.98. The third-order valence-electron chi connectivity index (χ3n) is 5.71. The van der Waals surface area contributed by atoms with Crippen LogP contribution in [0.1, 0.15) is 39.5 Å². The fraction of sp³-hybridized carbons (Fsp3) is 0.250. The highest BCUT2D eigenvalue weighted by molar-refractivity contribution is 5.94. The minimum Gasteiger partial charge on any atom is -0.477 e. The Morgan fingerprint density at radius 1 is 1.06 bits per heavy atom. The number of nitrogens with zero attached hydrogens (tertiary/aromatic N) is 2. The number of fused-ring (bicyclic) bond motifs is 3. The molecule has 0 unspecified atom stereocenters. The van der Waals surface area contributed by atoms with Gasteiger partial charge in [-0.05, 0) is 29.2 Å². The van der Waals surface area contributed by atoms with Gasteiger partial charge in [0.1, 0.15) is 6.61 Å². The van der Waals surface area contributed by atoms with Crippen molar-refractivity contribution in [3.63, 3.8) is 0 Å². The number of carboxylic acids is 1. The lowest BCUT2D eigenvalue weighted by molar-refractivity contribution is -0.116. The summed E-state index contributed by atoms with van der Waals surface area (Å²) in [5, 5.41) is 18.4. The van der Waals surface area contributed by atoms with Crippen LogP contribution in [0.15, 0.2) is 48.5 Å². The number of aromatic carboxylic acids is 1. The minimum absolute atomic E-state index is 0.00191. The van der Waals surface area contributed by atoms with Crippen molar-refractivity contribution in [2.75, 3.05) is 18.5 Å². The van der Waals surface area contributed by atoms with Crippen LogP contribution in [0, 0.1) is 6.92 Å². The van der Waals surface area contributed by atoms with Crippen molar-refractivity contribution >= 4 is 23.8 Å². The van der Waals surface area contributed by atoms with E-state index in [1.54, 1.807) is 6.92 Å². The topological polar surface area (TPSA) is 123 Å². The van der Waals surface area contributed by atoms with Crippen LogP contribution in [-0.4, -0.2) is 46.0 Å². The van der Waals surface area contributed by atoms with Crippen molar-refractivity contribution < 1.29 is 24.2 Å². The summed E-state index contributed by atoms with van der Waals surface area (Å²) < 4.78 is 6.64. The molecule has 3 N–H and O–H groups in total. The van der Waals surface area contributed by atoms with Crippen molar-refractivity contribution in [1.82, 2.24) is 15.1 Å². The average molecular weight is 448 g/mol. The zero-order valence-electron chi connectivity index (χ0n) is 18.3. The van der Waals surface area contributed by atoms with Crippen molar-refractivity contribution in [2.24, 2.45) is 7.05 Å². The Hall–Kier alpha value is -4.14. The molecule has 0 radical (unpaired) electrons. The highest BCUT2D eigenvalue weighted by Crippen LogP contribution is 2.44. The van der Waals surface area contributed by atoms with Crippen LogP contribution >= 0.6 is 0 Å². The van der Waals surface area contributed by atoms with E-state index in [1.165, 1.54) is 11.7 Å². The summed E-state index contributed by atoms with van der Waals surface area (Å²) in [7, 11) is 1.49. The molecule has 4 rings (SSSR count). The quantitative estimate of drug-likeness (QED) is 0.510. The molecular weight excluding hydrogens is 424 g/mol. The van der Waals surface area contributed by atoms with Gasteiger partial charge in [0.15, 0.2) is 11.5 Å². The van der Waals surface area contributed by atoms with Gasteiger partial charge in [-0.25, -0.2) is 9.59 Å². The standard InChI is InChI=1S/C24H24N4O5/c1-14-21(23(30)31)28(2)27-22(14)26-20(29)11-12-25-24(32)33-13-19-17-9-5-3-7-15(17)16-8-4-6-10-18(16)19/h3-10,19H,11-13H2,1-2H3,(H,25,32)(H,30,31)(H,26,27,29).